The van der Waals surface area contributed by atoms with Gasteiger partial charge in [0.15, 0.2) is 5.11 Å². The molecule has 0 aromatic heterocycles. The van der Waals surface area contributed by atoms with Gasteiger partial charge in [0.05, 0.1) is 22.3 Å². The standard InChI is InChI=1S/C27H31N3O4S2/c1-4-11-20(3)34-25-15-10-9-14-24(25)26(31)29-27(35)28-21-16-18-23(19-17-21)36(32,33)30(5-2)22-12-7-6-8-13-22/h6-10,12-20H,4-5,11H2,1-3H3,(H2,28,29,31,35). The summed E-state index contributed by atoms with van der Waals surface area (Å²) in [6.07, 6.45) is 1.84. The van der Waals surface area contributed by atoms with Gasteiger partial charge in [-0.1, -0.05) is 43.7 Å². The van der Waals surface area contributed by atoms with Gasteiger partial charge in [-0.3, -0.25) is 14.4 Å². The van der Waals surface area contributed by atoms with Gasteiger partial charge in [0.25, 0.3) is 15.9 Å². The molecule has 0 aliphatic rings. The molecule has 2 N–H and O–H groups in total. The first kappa shape index (κ1) is 27.2. The smallest absolute Gasteiger partial charge is 0.264 e. The summed E-state index contributed by atoms with van der Waals surface area (Å²) >= 11 is 5.31. The molecule has 36 heavy (non-hydrogen) atoms. The second kappa shape index (κ2) is 12.5. The molecule has 1 amide bonds. The van der Waals surface area contributed by atoms with Crippen LogP contribution in [0.25, 0.3) is 0 Å². The van der Waals surface area contributed by atoms with Gasteiger partial charge in [-0.15, -0.1) is 0 Å². The Morgan fingerprint density at radius 1 is 0.972 bits per heavy atom. The Labute approximate surface area is 218 Å². The highest BCUT2D eigenvalue weighted by Crippen LogP contribution is 2.24. The maximum Gasteiger partial charge on any atom is 0.264 e. The van der Waals surface area contributed by atoms with Crippen molar-refractivity contribution in [2.75, 3.05) is 16.2 Å². The lowest BCUT2D eigenvalue weighted by atomic mass is 10.1. The first-order chi connectivity index (χ1) is 17.3. The summed E-state index contributed by atoms with van der Waals surface area (Å²) in [6.45, 7) is 6.13. The first-order valence-corrected chi connectivity index (χ1v) is 13.7. The molecule has 0 bridgehead atoms. The molecule has 0 aliphatic carbocycles. The Balaban J connectivity index is 1.67. The fourth-order valence-electron chi connectivity index (χ4n) is 3.70. The van der Waals surface area contributed by atoms with Crippen molar-refractivity contribution in [2.24, 2.45) is 0 Å². The van der Waals surface area contributed by atoms with Crippen LogP contribution in [-0.4, -0.2) is 32.1 Å². The van der Waals surface area contributed by atoms with Crippen LogP contribution in [0.4, 0.5) is 11.4 Å². The number of carbonyl (C=O) groups is 1. The van der Waals surface area contributed by atoms with Crippen LogP contribution in [0.3, 0.4) is 0 Å². The Bertz CT molecular complexity index is 1280. The molecule has 3 rings (SSSR count). The first-order valence-electron chi connectivity index (χ1n) is 11.8. The zero-order valence-electron chi connectivity index (χ0n) is 20.6. The quantitative estimate of drug-likeness (QED) is 0.335. The molecular weight excluding hydrogens is 494 g/mol. The molecule has 7 nitrogen and oxygen atoms in total. The van der Waals surface area contributed by atoms with E-state index in [0.717, 1.165) is 12.8 Å². The van der Waals surface area contributed by atoms with Crippen molar-refractivity contribution in [3.05, 3.63) is 84.4 Å². The number of rotatable bonds is 10. The van der Waals surface area contributed by atoms with Crippen LogP contribution in [0.2, 0.25) is 0 Å². The number of amides is 1. The van der Waals surface area contributed by atoms with Crippen molar-refractivity contribution < 1.29 is 17.9 Å². The van der Waals surface area contributed by atoms with Gasteiger partial charge in [-0.05, 0) is 81.0 Å². The lowest BCUT2D eigenvalue weighted by Gasteiger charge is -2.23. The van der Waals surface area contributed by atoms with Crippen LogP contribution in [0.15, 0.2) is 83.8 Å². The molecule has 0 fully saturated rings. The fraction of sp³-hybridized carbons (Fsp3) is 0.259. The lowest BCUT2D eigenvalue weighted by Crippen LogP contribution is -2.34. The number of carbonyl (C=O) groups excluding carboxylic acids is 1. The Morgan fingerprint density at radius 2 is 1.61 bits per heavy atom. The van der Waals surface area contributed by atoms with E-state index in [-0.39, 0.29) is 16.1 Å². The van der Waals surface area contributed by atoms with E-state index >= 15 is 0 Å². The number of hydrogen-bond donors (Lipinski definition) is 2. The number of ether oxygens (including phenoxy) is 1. The SMILES string of the molecule is CCCC(C)Oc1ccccc1C(=O)NC(=S)Nc1ccc(S(=O)(=O)N(CC)c2ccccc2)cc1. The van der Waals surface area contributed by atoms with Crippen LogP contribution < -0.4 is 19.7 Å². The molecule has 9 heteroatoms. The van der Waals surface area contributed by atoms with Crippen LogP contribution in [-0.2, 0) is 10.0 Å². The summed E-state index contributed by atoms with van der Waals surface area (Å²) < 4.78 is 33.6. The van der Waals surface area contributed by atoms with Gasteiger partial charge in [0.2, 0.25) is 0 Å². The van der Waals surface area contributed by atoms with Crippen molar-refractivity contribution in [1.29, 1.82) is 0 Å². The topological polar surface area (TPSA) is 87.7 Å². The maximum absolute atomic E-state index is 13.2. The number of nitrogens with one attached hydrogen (secondary N) is 2. The molecule has 0 heterocycles. The van der Waals surface area contributed by atoms with Crippen molar-refractivity contribution >= 4 is 44.6 Å². The maximum atomic E-state index is 13.2. The summed E-state index contributed by atoms with van der Waals surface area (Å²) in [6, 6.07) is 22.2. The molecule has 3 aromatic carbocycles. The van der Waals surface area contributed by atoms with E-state index in [1.54, 1.807) is 61.5 Å². The molecule has 1 atom stereocenters. The van der Waals surface area contributed by atoms with Crippen LogP contribution in [0, 0.1) is 0 Å². The number of anilines is 2. The third kappa shape index (κ3) is 6.83. The number of benzene rings is 3. The minimum atomic E-state index is -3.73. The summed E-state index contributed by atoms with van der Waals surface area (Å²) in [5.74, 6) is 0.0969. The molecular formula is C27H31N3O4S2. The van der Waals surface area contributed by atoms with Gasteiger partial charge < -0.3 is 10.1 Å². The molecule has 3 aromatic rings. The van der Waals surface area contributed by atoms with Gasteiger partial charge >= 0.3 is 0 Å². The normalized spacial score (nSPS) is 11.9. The van der Waals surface area contributed by atoms with Crippen molar-refractivity contribution in [2.45, 2.75) is 44.6 Å². The number of hydrogen-bond acceptors (Lipinski definition) is 5. The minimum absolute atomic E-state index is 0.0191. The van der Waals surface area contributed by atoms with Gasteiger partial charge in [-0.2, -0.15) is 0 Å². The Hall–Kier alpha value is -3.43. The highest BCUT2D eigenvalue weighted by Gasteiger charge is 2.23. The van der Waals surface area contributed by atoms with Gasteiger partial charge in [0, 0.05) is 12.2 Å². The van der Waals surface area contributed by atoms with E-state index in [1.807, 2.05) is 19.1 Å². The number of para-hydroxylation sites is 2. The molecule has 0 saturated carbocycles. The van der Waals surface area contributed by atoms with E-state index < -0.39 is 15.9 Å². The van der Waals surface area contributed by atoms with E-state index in [9.17, 15) is 13.2 Å². The zero-order valence-corrected chi connectivity index (χ0v) is 22.2. The molecule has 0 aliphatic heterocycles. The Morgan fingerprint density at radius 3 is 2.25 bits per heavy atom. The average molecular weight is 526 g/mol. The fourth-order valence-corrected chi connectivity index (χ4v) is 5.38. The number of sulfonamides is 1. The van der Waals surface area contributed by atoms with Crippen molar-refractivity contribution in [3.63, 3.8) is 0 Å². The average Bonchev–Trinajstić information content (AvgIpc) is 2.85. The molecule has 0 spiro atoms. The van der Waals surface area contributed by atoms with Crippen LogP contribution >= 0.6 is 12.2 Å². The summed E-state index contributed by atoms with van der Waals surface area (Å²) in [5.41, 5.74) is 1.52. The predicted octanol–water partition coefficient (Wildman–Crippen LogP) is 5.60. The summed E-state index contributed by atoms with van der Waals surface area (Å²) in [5, 5.41) is 5.68. The Kier molecular flexibility index (Phi) is 9.44. The van der Waals surface area contributed by atoms with E-state index in [4.69, 9.17) is 17.0 Å². The lowest BCUT2D eigenvalue weighted by molar-refractivity contribution is 0.0970. The van der Waals surface area contributed by atoms with Crippen LogP contribution in [0.1, 0.15) is 44.0 Å². The monoisotopic (exact) mass is 525 g/mol. The highest BCUT2D eigenvalue weighted by atomic mass is 32.2. The number of nitrogens with zero attached hydrogens (tertiary/aromatic N) is 1. The minimum Gasteiger partial charge on any atom is -0.490 e. The highest BCUT2D eigenvalue weighted by molar-refractivity contribution is 7.92. The second-order valence-electron chi connectivity index (χ2n) is 8.15. The van der Waals surface area contributed by atoms with Crippen LogP contribution in [0.5, 0.6) is 5.75 Å². The third-order valence-corrected chi connectivity index (χ3v) is 7.53. The second-order valence-corrected chi connectivity index (χ2v) is 10.4. The van der Waals surface area contributed by atoms with Crippen molar-refractivity contribution in [3.8, 4) is 5.75 Å². The van der Waals surface area contributed by atoms with Gasteiger partial charge in [0.1, 0.15) is 5.75 Å². The van der Waals surface area contributed by atoms with E-state index in [0.29, 0.717) is 29.2 Å². The predicted molar refractivity (Wildman–Crippen MR) is 148 cm³/mol. The number of thiocarbonyl (C=S) groups is 1. The largest absolute Gasteiger partial charge is 0.490 e. The third-order valence-electron chi connectivity index (χ3n) is 5.41. The van der Waals surface area contributed by atoms with E-state index in [1.165, 1.54) is 16.4 Å². The van der Waals surface area contributed by atoms with Crippen molar-refractivity contribution in [1.82, 2.24) is 5.32 Å². The molecule has 0 radical (unpaired) electrons. The van der Waals surface area contributed by atoms with Gasteiger partial charge in [-0.25, -0.2) is 8.42 Å². The zero-order chi connectivity index (χ0) is 26.1. The molecule has 1 unspecified atom stereocenters. The van der Waals surface area contributed by atoms with E-state index in [2.05, 4.69) is 17.6 Å². The summed E-state index contributed by atoms with van der Waals surface area (Å²) in [7, 11) is -3.73. The molecule has 0 saturated heterocycles. The summed E-state index contributed by atoms with van der Waals surface area (Å²) in [4.78, 5) is 13.0. The molecule has 190 valence electrons.